The maximum atomic E-state index is 12.9. The molecule has 0 bridgehead atoms. The molecule has 3 aromatic heterocycles. The van der Waals surface area contributed by atoms with Crippen molar-refractivity contribution in [2.45, 2.75) is 13.1 Å². The van der Waals surface area contributed by atoms with Crippen LogP contribution in [0.1, 0.15) is 21.1 Å². The van der Waals surface area contributed by atoms with Gasteiger partial charge in [0.1, 0.15) is 5.69 Å². The van der Waals surface area contributed by atoms with E-state index in [4.69, 9.17) is 0 Å². The van der Waals surface area contributed by atoms with E-state index in [2.05, 4.69) is 20.4 Å². The summed E-state index contributed by atoms with van der Waals surface area (Å²) in [4.78, 5) is 35.1. The summed E-state index contributed by atoms with van der Waals surface area (Å²) in [6.07, 6.45) is 1.69. The van der Waals surface area contributed by atoms with Gasteiger partial charge in [0.05, 0.1) is 29.4 Å². The molecule has 0 aliphatic carbocycles. The zero-order valence-electron chi connectivity index (χ0n) is 18.7. The normalized spacial score (nSPS) is 10.7. The van der Waals surface area contributed by atoms with Gasteiger partial charge in [0.15, 0.2) is 5.01 Å². The van der Waals surface area contributed by atoms with Gasteiger partial charge in [0, 0.05) is 17.8 Å². The van der Waals surface area contributed by atoms with Crippen LogP contribution < -0.4 is 10.9 Å². The number of rotatable bonds is 7. The van der Waals surface area contributed by atoms with Crippen LogP contribution >= 0.6 is 11.3 Å². The SMILES string of the molecule is O=C(NCc1ccccn1)c1nc(-c2ccccc2)c(-c2ccc(=O)n(Cc3ccccc3)n2)s1. The minimum atomic E-state index is -0.290. The largest absolute Gasteiger partial charge is 0.344 e. The third kappa shape index (κ3) is 5.23. The number of nitrogens with zero attached hydrogens (tertiary/aromatic N) is 4. The van der Waals surface area contributed by atoms with Crippen LogP contribution in [0, 0.1) is 0 Å². The second kappa shape index (κ2) is 10.2. The van der Waals surface area contributed by atoms with Crippen molar-refractivity contribution in [3.8, 4) is 21.8 Å². The second-order valence-electron chi connectivity index (χ2n) is 7.77. The molecule has 0 spiro atoms. The molecule has 0 aliphatic heterocycles. The first-order valence-electron chi connectivity index (χ1n) is 11.0. The Bertz CT molecular complexity index is 1500. The fourth-order valence-corrected chi connectivity index (χ4v) is 4.54. The fourth-order valence-electron chi connectivity index (χ4n) is 3.57. The number of amides is 1. The van der Waals surface area contributed by atoms with Crippen LogP contribution in [0.3, 0.4) is 0 Å². The minimum absolute atomic E-state index is 0.197. The summed E-state index contributed by atoms with van der Waals surface area (Å²) in [6.45, 7) is 0.653. The lowest BCUT2D eigenvalue weighted by Gasteiger charge is -2.07. The average molecular weight is 480 g/mol. The van der Waals surface area contributed by atoms with Crippen LogP contribution in [0.5, 0.6) is 0 Å². The van der Waals surface area contributed by atoms with Gasteiger partial charge in [-0.25, -0.2) is 9.67 Å². The summed E-state index contributed by atoms with van der Waals surface area (Å²) in [5.74, 6) is -0.290. The Kier molecular flexibility index (Phi) is 6.54. The van der Waals surface area contributed by atoms with E-state index in [1.54, 1.807) is 12.3 Å². The smallest absolute Gasteiger partial charge is 0.280 e. The summed E-state index contributed by atoms with van der Waals surface area (Å²) >= 11 is 1.25. The number of hydrogen-bond donors (Lipinski definition) is 1. The van der Waals surface area contributed by atoms with Crippen molar-refractivity contribution in [1.82, 2.24) is 25.1 Å². The topological polar surface area (TPSA) is 89.8 Å². The molecule has 172 valence electrons. The van der Waals surface area contributed by atoms with Crippen molar-refractivity contribution in [3.63, 3.8) is 0 Å². The van der Waals surface area contributed by atoms with E-state index in [9.17, 15) is 9.59 Å². The predicted octanol–water partition coefficient (Wildman–Crippen LogP) is 4.41. The molecule has 0 saturated carbocycles. The first-order chi connectivity index (χ1) is 17.2. The number of aromatic nitrogens is 4. The molecule has 1 amide bonds. The molecule has 0 atom stereocenters. The highest BCUT2D eigenvalue weighted by atomic mass is 32.1. The Morgan fingerprint density at radius 1 is 0.886 bits per heavy atom. The van der Waals surface area contributed by atoms with E-state index in [1.807, 2.05) is 78.9 Å². The molecule has 35 heavy (non-hydrogen) atoms. The van der Waals surface area contributed by atoms with Gasteiger partial charge in [-0.3, -0.25) is 14.6 Å². The third-order valence-electron chi connectivity index (χ3n) is 5.30. The molecular weight excluding hydrogens is 458 g/mol. The number of thiazole rings is 1. The summed E-state index contributed by atoms with van der Waals surface area (Å²) in [5.41, 5.74) is 3.63. The van der Waals surface area contributed by atoms with Crippen LogP contribution in [-0.4, -0.2) is 25.7 Å². The Morgan fingerprint density at radius 3 is 2.37 bits per heavy atom. The van der Waals surface area contributed by atoms with E-state index in [1.165, 1.54) is 22.1 Å². The Balaban J connectivity index is 1.50. The van der Waals surface area contributed by atoms with Crippen LogP contribution in [-0.2, 0) is 13.1 Å². The molecule has 0 saturated heterocycles. The number of benzene rings is 2. The van der Waals surface area contributed by atoms with E-state index in [0.29, 0.717) is 29.5 Å². The van der Waals surface area contributed by atoms with E-state index in [-0.39, 0.29) is 11.5 Å². The molecule has 3 heterocycles. The Labute approximate surface area is 205 Å². The van der Waals surface area contributed by atoms with Gasteiger partial charge < -0.3 is 5.32 Å². The van der Waals surface area contributed by atoms with E-state index in [0.717, 1.165) is 21.7 Å². The summed E-state index contributed by atoms with van der Waals surface area (Å²) in [7, 11) is 0. The molecule has 0 unspecified atom stereocenters. The first kappa shape index (κ1) is 22.4. The summed E-state index contributed by atoms with van der Waals surface area (Å²) in [5, 5.41) is 7.82. The van der Waals surface area contributed by atoms with Crippen LogP contribution in [0.25, 0.3) is 21.8 Å². The molecule has 0 aliphatic rings. The van der Waals surface area contributed by atoms with Crippen molar-refractivity contribution in [3.05, 3.63) is 124 Å². The predicted molar refractivity (Wildman–Crippen MR) is 136 cm³/mol. The lowest BCUT2D eigenvalue weighted by atomic mass is 10.1. The van der Waals surface area contributed by atoms with Gasteiger partial charge in [-0.2, -0.15) is 5.10 Å². The van der Waals surface area contributed by atoms with Crippen LogP contribution in [0.15, 0.2) is 102 Å². The van der Waals surface area contributed by atoms with Crippen LogP contribution in [0.4, 0.5) is 0 Å². The quantitative estimate of drug-likeness (QED) is 0.374. The van der Waals surface area contributed by atoms with Crippen molar-refractivity contribution in [2.75, 3.05) is 0 Å². The van der Waals surface area contributed by atoms with Crippen molar-refractivity contribution in [2.24, 2.45) is 0 Å². The fraction of sp³-hybridized carbons (Fsp3) is 0.0741. The maximum absolute atomic E-state index is 12.9. The molecule has 1 N–H and O–H groups in total. The summed E-state index contributed by atoms with van der Waals surface area (Å²) < 4.78 is 1.43. The molecule has 7 nitrogen and oxygen atoms in total. The van der Waals surface area contributed by atoms with Gasteiger partial charge in [-0.15, -0.1) is 11.3 Å². The number of carbonyl (C=O) groups excluding carboxylic acids is 1. The second-order valence-corrected chi connectivity index (χ2v) is 8.77. The van der Waals surface area contributed by atoms with Gasteiger partial charge in [0.2, 0.25) is 0 Å². The van der Waals surface area contributed by atoms with E-state index >= 15 is 0 Å². The van der Waals surface area contributed by atoms with E-state index < -0.39 is 0 Å². The maximum Gasteiger partial charge on any atom is 0.280 e. The first-order valence-corrected chi connectivity index (χ1v) is 11.9. The van der Waals surface area contributed by atoms with Crippen LogP contribution in [0.2, 0.25) is 0 Å². The highest BCUT2D eigenvalue weighted by Gasteiger charge is 2.21. The monoisotopic (exact) mass is 479 g/mol. The lowest BCUT2D eigenvalue weighted by molar-refractivity contribution is 0.0950. The zero-order chi connectivity index (χ0) is 24.0. The third-order valence-corrected chi connectivity index (χ3v) is 6.38. The molecular formula is C27H21N5O2S. The van der Waals surface area contributed by atoms with Crippen molar-refractivity contribution >= 4 is 17.2 Å². The average Bonchev–Trinajstić information content (AvgIpc) is 3.36. The number of carbonyl (C=O) groups is 1. The number of nitrogens with one attached hydrogen (secondary N) is 1. The highest BCUT2D eigenvalue weighted by molar-refractivity contribution is 7.17. The molecule has 5 aromatic rings. The standard InChI is InChI=1S/C27H21N5O2S/c33-23-15-14-22(31-32(23)18-19-9-3-1-4-10-19)25-24(20-11-5-2-6-12-20)30-27(35-25)26(34)29-17-21-13-7-8-16-28-21/h1-16H,17-18H2,(H,29,34). The molecule has 2 aromatic carbocycles. The summed E-state index contributed by atoms with van der Waals surface area (Å²) in [6, 6.07) is 28.1. The number of pyridine rings is 1. The van der Waals surface area contributed by atoms with Gasteiger partial charge in [0.25, 0.3) is 11.5 Å². The molecule has 5 rings (SSSR count). The molecule has 0 fully saturated rings. The molecule has 8 heteroatoms. The Morgan fingerprint density at radius 2 is 1.63 bits per heavy atom. The van der Waals surface area contributed by atoms with Gasteiger partial charge >= 0.3 is 0 Å². The van der Waals surface area contributed by atoms with Crippen molar-refractivity contribution < 1.29 is 4.79 Å². The van der Waals surface area contributed by atoms with Gasteiger partial charge in [-0.05, 0) is 23.8 Å². The highest BCUT2D eigenvalue weighted by Crippen LogP contribution is 2.35. The lowest BCUT2D eigenvalue weighted by Crippen LogP contribution is -2.23. The Hall–Kier alpha value is -4.43. The molecule has 0 radical (unpaired) electrons. The van der Waals surface area contributed by atoms with Gasteiger partial charge in [-0.1, -0.05) is 66.7 Å². The zero-order valence-corrected chi connectivity index (χ0v) is 19.5. The minimum Gasteiger partial charge on any atom is -0.344 e. The van der Waals surface area contributed by atoms with Crippen molar-refractivity contribution in [1.29, 1.82) is 0 Å². The number of hydrogen-bond acceptors (Lipinski definition) is 6.